The lowest BCUT2D eigenvalue weighted by atomic mass is 10.00. The van der Waals surface area contributed by atoms with Crippen molar-refractivity contribution in [3.8, 4) is 0 Å². The molecule has 0 saturated heterocycles. The van der Waals surface area contributed by atoms with E-state index in [9.17, 15) is 5.11 Å². The fraction of sp³-hybridized carbons (Fsp3) is 0.600. The number of aromatic nitrogens is 2. The molecular weight excluding hydrogens is 249 g/mol. The van der Waals surface area contributed by atoms with E-state index in [1.54, 1.807) is 6.07 Å². The van der Waals surface area contributed by atoms with E-state index in [0.717, 1.165) is 6.42 Å². The Labute approximate surface area is 105 Å². The molecule has 1 aromatic heterocycles. The zero-order chi connectivity index (χ0) is 12.1. The fourth-order valence-electron chi connectivity index (χ4n) is 1.31. The molecule has 0 bridgehead atoms. The van der Waals surface area contributed by atoms with E-state index in [-0.39, 0.29) is 23.0 Å². The maximum atomic E-state index is 9.27. The molecule has 1 heterocycles. The van der Waals surface area contributed by atoms with Gasteiger partial charge in [0.2, 0.25) is 0 Å². The van der Waals surface area contributed by atoms with Gasteiger partial charge in [-0.25, -0.2) is 0 Å². The van der Waals surface area contributed by atoms with Crippen LogP contribution < -0.4 is 5.32 Å². The molecule has 0 saturated carbocycles. The highest BCUT2D eigenvalue weighted by Gasteiger charge is 2.16. The van der Waals surface area contributed by atoms with E-state index in [0.29, 0.717) is 11.6 Å². The Morgan fingerprint density at radius 1 is 1.44 bits per heavy atom. The lowest BCUT2D eigenvalue weighted by molar-refractivity contribution is 0.241. The largest absolute Gasteiger partial charge is 0.394 e. The summed E-state index contributed by atoms with van der Waals surface area (Å²) in [6.07, 6.45) is 0.960. The molecule has 0 aliphatic heterocycles. The van der Waals surface area contributed by atoms with E-state index < -0.39 is 0 Å². The summed E-state index contributed by atoms with van der Waals surface area (Å²) in [5.74, 6) is 0.327. The molecule has 2 N–H and O–H groups in total. The molecule has 1 aromatic rings. The van der Waals surface area contributed by atoms with Crippen molar-refractivity contribution < 1.29 is 5.11 Å². The summed E-state index contributed by atoms with van der Waals surface area (Å²) in [6, 6.07) is 1.53. The second-order valence-electron chi connectivity index (χ2n) is 3.69. The monoisotopic (exact) mass is 263 g/mol. The topological polar surface area (TPSA) is 58.0 Å². The van der Waals surface area contributed by atoms with E-state index in [2.05, 4.69) is 29.4 Å². The van der Waals surface area contributed by atoms with Crippen molar-refractivity contribution in [3.63, 3.8) is 0 Å². The van der Waals surface area contributed by atoms with Gasteiger partial charge in [-0.05, 0) is 5.92 Å². The number of rotatable bonds is 5. The molecule has 6 heteroatoms. The average Bonchev–Trinajstić information content (AvgIpc) is 2.29. The molecule has 0 amide bonds. The van der Waals surface area contributed by atoms with Crippen LogP contribution in [0.1, 0.15) is 20.3 Å². The van der Waals surface area contributed by atoms with Crippen LogP contribution in [-0.2, 0) is 0 Å². The van der Waals surface area contributed by atoms with Crippen molar-refractivity contribution in [3.05, 3.63) is 16.4 Å². The minimum Gasteiger partial charge on any atom is -0.394 e. The molecule has 0 radical (unpaired) electrons. The van der Waals surface area contributed by atoms with Crippen LogP contribution in [-0.4, -0.2) is 28.0 Å². The van der Waals surface area contributed by atoms with Gasteiger partial charge in [-0.2, -0.15) is 0 Å². The van der Waals surface area contributed by atoms with Crippen LogP contribution in [0.2, 0.25) is 10.3 Å². The molecule has 16 heavy (non-hydrogen) atoms. The lowest BCUT2D eigenvalue weighted by Crippen LogP contribution is -2.31. The Morgan fingerprint density at radius 3 is 2.69 bits per heavy atom. The summed E-state index contributed by atoms with van der Waals surface area (Å²) in [4.78, 5) is 0. The minimum absolute atomic E-state index is 0.0330. The normalized spacial score (nSPS) is 14.6. The fourth-order valence-corrected chi connectivity index (χ4v) is 1.60. The predicted molar refractivity (Wildman–Crippen MR) is 66.0 cm³/mol. The SMILES string of the molecule is CCC(C)C(CO)Nc1cc(Cl)nnc1Cl. The standard InChI is InChI=1S/C10H15Cl2N3O/c1-3-6(2)8(5-16)13-7-4-9(11)14-15-10(7)12/h4,6,8,16H,3,5H2,1-2H3,(H,13,14). The first-order valence-electron chi connectivity index (χ1n) is 5.14. The third kappa shape index (κ3) is 3.47. The van der Waals surface area contributed by atoms with Gasteiger partial charge < -0.3 is 10.4 Å². The van der Waals surface area contributed by atoms with Gasteiger partial charge in [-0.1, -0.05) is 43.5 Å². The first kappa shape index (κ1) is 13.5. The van der Waals surface area contributed by atoms with E-state index in [1.807, 2.05) is 0 Å². The van der Waals surface area contributed by atoms with Crippen molar-refractivity contribution >= 4 is 28.9 Å². The van der Waals surface area contributed by atoms with Crippen LogP contribution >= 0.6 is 23.2 Å². The highest BCUT2D eigenvalue weighted by molar-refractivity contribution is 6.33. The number of aliphatic hydroxyl groups is 1. The van der Waals surface area contributed by atoms with E-state index >= 15 is 0 Å². The molecule has 2 unspecified atom stereocenters. The van der Waals surface area contributed by atoms with Crippen molar-refractivity contribution in [1.82, 2.24) is 10.2 Å². The van der Waals surface area contributed by atoms with Gasteiger partial charge in [0.15, 0.2) is 10.3 Å². The number of anilines is 1. The zero-order valence-corrected chi connectivity index (χ0v) is 10.8. The minimum atomic E-state index is -0.0669. The summed E-state index contributed by atoms with van der Waals surface area (Å²) in [7, 11) is 0. The molecule has 0 aliphatic carbocycles. The van der Waals surface area contributed by atoms with Crippen molar-refractivity contribution in [1.29, 1.82) is 0 Å². The molecule has 1 rings (SSSR count). The molecule has 0 fully saturated rings. The molecule has 90 valence electrons. The molecule has 0 aromatic carbocycles. The number of halogens is 2. The van der Waals surface area contributed by atoms with Gasteiger partial charge in [0.1, 0.15) is 0 Å². The zero-order valence-electron chi connectivity index (χ0n) is 9.24. The Kier molecular flexibility index (Phi) is 5.25. The predicted octanol–water partition coefficient (Wildman–Crippen LogP) is 2.60. The highest BCUT2D eigenvalue weighted by atomic mass is 35.5. The van der Waals surface area contributed by atoms with Gasteiger partial charge in [0.05, 0.1) is 18.3 Å². The smallest absolute Gasteiger partial charge is 0.174 e. The summed E-state index contributed by atoms with van der Waals surface area (Å²) in [5.41, 5.74) is 0.598. The number of nitrogens with one attached hydrogen (secondary N) is 1. The summed E-state index contributed by atoms with van der Waals surface area (Å²) >= 11 is 11.6. The maximum absolute atomic E-state index is 9.27. The molecule has 0 spiro atoms. The number of aliphatic hydroxyl groups excluding tert-OH is 1. The molecule has 0 aliphatic rings. The van der Waals surface area contributed by atoms with Gasteiger partial charge in [-0.15, -0.1) is 10.2 Å². The third-order valence-electron chi connectivity index (χ3n) is 2.59. The van der Waals surface area contributed by atoms with Gasteiger partial charge in [0, 0.05) is 6.07 Å². The Hall–Kier alpha value is -0.580. The third-order valence-corrected chi connectivity index (χ3v) is 3.05. The lowest BCUT2D eigenvalue weighted by Gasteiger charge is -2.23. The molecule has 2 atom stereocenters. The number of nitrogens with zero attached hydrogens (tertiary/aromatic N) is 2. The summed E-state index contributed by atoms with van der Waals surface area (Å²) < 4.78 is 0. The van der Waals surface area contributed by atoms with Gasteiger partial charge in [0.25, 0.3) is 0 Å². The number of hydrogen-bond donors (Lipinski definition) is 2. The Morgan fingerprint density at radius 2 is 2.12 bits per heavy atom. The number of hydrogen-bond acceptors (Lipinski definition) is 4. The van der Waals surface area contributed by atoms with Crippen LogP contribution in [0.25, 0.3) is 0 Å². The quantitative estimate of drug-likeness (QED) is 0.858. The Balaban J connectivity index is 2.81. The van der Waals surface area contributed by atoms with Crippen LogP contribution in [0.3, 0.4) is 0 Å². The summed E-state index contributed by atoms with van der Waals surface area (Å²) in [6.45, 7) is 4.15. The second-order valence-corrected chi connectivity index (χ2v) is 4.44. The van der Waals surface area contributed by atoms with Gasteiger partial charge >= 0.3 is 0 Å². The van der Waals surface area contributed by atoms with Crippen molar-refractivity contribution in [2.24, 2.45) is 5.92 Å². The second kappa shape index (κ2) is 6.23. The molecule has 4 nitrogen and oxygen atoms in total. The molecular formula is C10H15Cl2N3O. The maximum Gasteiger partial charge on any atom is 0.174 e. The average molecular weight is 264 g/mol. The van der Waals surface area contributed by atoms with Crippen LogP contribution in [0.4, 0.5) is 5.69 Å². The van der Waals surface area contributed by atoms with E-state index in [1.165, 1.54) is 0 Å². The summed E-state index contributed by atoms with van der Waals surface area (Å²) in [5, 5.41) is 20.2. The van der Waals surface area contributed by atoms with Crippen LogP contribution in [0, 0.1) is 5.92 Å². The van der Waals surface area contributed by atoms with Gasteiger partial charge in [-0.3, -0.25) is 0 Å². The van der Waals surface area contributed by atoms with Crippen LogP contribution in [0.15, 0.2) is 6.07 Å². The first-order chi connectivity index (χ1) is 7.58. The van der Waals surface area contributed by atoms with Crippen molar-refractivity contribution in [2.75, 3.05) is 11.9 Å². The first-order valence-corrected chi connectivity index (χ1v) is 5.90. The van der Waals surface area contributed by atoms with Crippen LogP contribution in [0.5, 0.6) is 0 Å². The Bertz CT molecular complexity index is 349. The van der Waals surface area contributed by atoms with E-state index in [4.69, 9.17) is 23.2 Å². The highest BCUT2D eigenvalue weighted by Crippen LogP contribution is 2.23. The van der Waals surface area contributed by atoms with Crippen molar-refractivity contribution in [2.45, 2.75) is 26.3 Å².